The van der Waals surface area contributed by atoms with E-state index in [-0.39, 0.29) is 15.9 Å². The fraction of sp³-hybridized carbons (Fsp3) is 0.400. The van der Waals surface area contributed by atoms with Crippen molar-refractivity contribution >= 4 is 41.2 Å². The molecule has 4 heterocycles. The molecule has 2 aliphatic rings. The molecule has 2 aromatic carbocycles. The van der Waals surface area contributed by atoms with Gasteiger partial charge in [0.15, 0.2) is 16.1 Å². The molecule has 0 radical (unpaired) electrons. The van der Waals surface area contributed by atoms with Crippen molar-refractivity contribution in [3.8, 4) is 0 Å². The van der Waals surface area contributed by atoms with Crippen molar-refractivity contribution in [1.29, 1.82) is 0 Å². The number of H-pyrrole nitrogens is 1. The average Bonchev–Trinajstić information content (AvgIpc) is 3.15. The summed E-state index contributed by atoms with van der Waals surface area (Å²) >= 11 is 10.8. The second kappa shape index (κ2) is 21.5. The van der Waals surface area contributed by atoms with E-state index in [4.69, 9.17) is 23.2 Å². The van der Waals surface area contributed by atoms with E-state index in [0.29, 0.717) is 11.9 Å². The molecule has 0 atom stereocenters. The standard InChI is InChI=1S/C20H26N4O.C16H24N2.C4H2Cl2N2/c1-16(14-17-6-4-3-5-7-17)15-24-12-8-18(9-13-24)23(2)19-20(25)22-11-10-21-19;1-14(12-15-6-4-3-5-7-15)13-18-10-8-16(17-2)9-11-18;5-3-4(6)8-2-1-7-3/h3-7,10-11,14,18H,8-9,12-13,15H2,1-2H3,(H,22,25);3-7,12,16-17H,8-11,13H2,1-2H3;1-2H/b16-14+;14-12+;. The van der Waals surface area contributed by atoms with Crippen LogP contribution in [0.25, 0.3) is 12.2 Å². The van der Waals surface area contributed by atoms with Gasteiger partial charge in [-0.2, -0.15) is 0 Å². The molecule has 0 saturated carbocycles. The maximum atomic E-state index is 11.9. The van der Waals surface area contributed by atoms with Gasteiger partial charge in [-0.25, -0.2) is 15.0 Å². The number of hydrogen-bond acceptors (Lipinski definition) is 8. The number of nitrogens with zero attached hydrogens (tertiary/aromatic N) is 6. The first kappa shape index (κ1) is 39.9. The van der Waals surface area contributed by atoms with Gasteiger partial charge in [-0.1, -0.05) is 107 Å². The molecular formula is C40H52Cl2N8O. The Balaban J connectivity index is 0.000000194. The van der Waals surface area contributed by atoms with Crippen molar-refractivity contribution in [2.45, 2.75) is 51.6 Å². The first-order chi connectivity index (χ1) is 24.7. The SMILES string of the molecule is C/C(=C\c1ccccc1)CN1CCC(N(C)c2ncc[nH]c2=O)CC1.CNC1CCN(C/C(C)=C/c2ccccc2)CC1.Clc1nccnc1Cl. The van der Waals surface area contributed by atoms with Gasteiger partial charge in [-0.3, -0.25) is 14.6 Å². The van der Waals surface area contributed by atoms with Crippen LogP contribution in [0.2, 0.25) is 10.3 Å². The molecule has 51 heavy (non-hydrogen) atoms. The lowest BCUT2D eigenvalue weighted by Crippen LogP contribution is -2.45. The smallest absolute Gasteiger partial charge is 0.290 e. The molecule has 0 spiro atoms. The van der Waals surface area contributed by atoms with Gasteiger partial charge in [0.2, 0.25) is 0 Å². The molecule has 9 nitrogen and oxygen atoms in total. The fourth-order valence-corrected chi connectivity index (χ4v) is 6.59. The highest BCUT2D eigenvalue weighted by Gasteiger charge is 2.24. The third-order valence-electron chi connectivity index (χ3n) is 9.11. The number of anilines is 1. The Kier molecular flexibility index (Phi) is 16.8. The van der Waals surface area contributed by atoms with E-state index in [2.05, 4.69) is 123 Å². The highest BCUT2D eigenvalue weighted by molar-refractivity contribution is 6.40. The molecule has 0 aliphatic carbocycles. The van der Waals surface area contributed by atoms with Gasteiger partial charge >= 0.3 is 0 Å². The summed E-state index contributed by atoms with van der Waals surface area (Å²) in [6, 6.07) is 22.1. The van der Waals surface area contributed by atoms with E-state index < -0.39 is 0 Å². The quantitative estimate of drug-likeness (QED) is 0.185. The van der Waals surface area contributed by atoms with Gasteiger partial charge in [0, 0.05) is 70.1 Å². The molecule has 0 bridgehead atoms. The van der Waals surface area contributed by atoms with Crippen LogP contribution in [-0.2, 0) is 0 Å². The van der Waals surface area contributed by atoms with Crippen LogP contribution in [-0.4, -0.2) is 95.2 Å². The van der Waals surface area contributed by atoms with Crippen LogP contribution < -0.4 is 15.8 Å². The normalized spacial score (nSPS) is 16.4. The van der Waals surface area contributed by atoms with Gasteiger partial charge < -0.3 is 15.2 Å². The van der Waals surface area contributed by atoms with Gasteiger partial charge in [0.05, 0.1) is 0 Å². The van der Waals surface area contributed by atoms with E-state index in [1.54, 1.807) is 12.4 Å². The second-order valence-corrected chi connectivity index (χ2v) is 13.9. The summed E-state index contributed by atoms with van der Waals surface area (Å²) in [4.78, 5) is 33.2. The molecule has 2 aliphatic heterocycles. The van der Waals surface area contributed by atoms with E-state index in [1.807, 2.05) is 18.0 Å². The van der Waals surface area contributed by atoms with Crippen LogP contribution in [0.3, 0.4) is 0 Å². The second-order valence-electron chi connectivity index (χ2n) is 13.1. The topological polar surface area (TPSA) is 93.3 Å². The first-order valence-electron chi connectivity index (χ1n) is 17.7. The zero-order valence-corrected chi connectivity index (χ0v) is 31.8. The number of rotatable bonds is 9. The van der Waals surface area contributed by atoms with E-state index in [0.717, 1.165) is 45.1 Å². The number of nitrogens with one attached hydrogen (secondary N) is 2. The van der Waals surface area contributed by atoms with Crippen LogP contribution in [0, 0.1) is 0 Å². The molecule has 272 valence electrons. The number of halogens is 2. The lowest BCUT2D eigenvalue weighted by molar-refractivity contribution is 0.216. The minimum atomic E-state index is -0.117. The molecule has 2 N–H and O–H groups in total. The Morgan fingerprint density at radius 1 is 0.784 bits per heavy atom. The number of likely N-dealkylation sites (tertiary alicyclic amines) is 2. The minimum absolute atomic E-state index is 0.117. The van der Waals surface area contributed by atoms with E-state index >= 15 is 0 Å². The van der Waals surface area contributed by atoms with Gasteiger partial charge in [-0.15, -0.1) is 0 Å². The third-order valence-corrected chi connectivity index (χ3v) is 9.76. The Morgan fingerprint density at radius 3 is 1.69 bits per heavy atom. The van der Waals surface area contributed by atoms with Crippen molar-refractivity contribution < 1.29 is 0 Å². The van der Waals surface area contributed by atoms with Gasteiger partial charge in [0.25, 0.3) is 5.56 Å². The number of aromatic amines is 1. The van der Waals surface area contributed by atoms with Crippen molar-refractivity contribution in [2.75, 3.05) is 58.3 Å². The van der Waals surface area contributed by atoms with Crippen LogP contribution in [0.5, 0.6) is 0 Å². The van der Waals surface area contributed by atoms with Gasteiger partial charge in [-0.05, 0) is 70.8 Å². The van der Waals surface area contributed by atoms with Gasteiger partial charge in [0.1, 0.15) is 0 Å². The zero-order valence-electron chi connectivity index (χ0n) is 30.3. The highest BCUT2D eigenvalue weighted by atomic mass is 35.5. The molecule has 2 fully saturated rings. The summed E-state index contributed by atoms with van der Waals surface area (Å²) in [6.45, 7) is 11.0. The molecule has 0 amide bonds. The lowest BCUT2D eigenvalue weighted by atomic mass is 10.0. The number of benzene rings is 2. The van der Waals surface area contributed by atoms with Crippen LogP contribution in [0.1, 0.15) is 50.7 Å². The number of hydrogen-bond donors (Lipinski definition) is 2. The first-order valence-corrected chi connectivity index (χ1v) is 18.4. The summed E-state index contributed by atoms with van der Waals surface area (Å²) in [5.41, 5.74) is 5.27. The molecule has 4 aromatic rings. The maximum absolute atomic E-state index is 11.9. The Hall–Kier alpha value is -3.86. The van der Waals surface area contributed by atoms with Crippen molar-refractivity contribution in [2.24, 2.45) is 0 Å². The van der Waals surface area contributed by atoms with Crippen LogP contribution in [0.4, 0.5) is 5.82 Å². The predicted octanol–water partition coefficient (Wildman–Crippen LogP) is 7.33. The summed E-state index contributed by atoms with van der Waals surface area (Å²) in [7, 11) is 4.04. The summed E-state index contributed by atoms with van der Waals surface area (Å²) in [5.74, 6) is 0.515. The largest absolute Gasteiger partial charge is 0.352 e. The van der Waals surface area contributed by atoms with Crippen LogP contribution in [0.15, 0.2) is 101 Å². The Bertz CT molecular complexity index is 1680. The van der Waals surface area contributed by atoms with Crippen molar-refractivity contribution in [3.63, 3.8) is 0 Å². The predicted molar refractivity (Wildman–Crippen MR) is 213 cm³/mol. The highest BCUT2D eigenvalue weighted by Crippen LogP contribution is 2.20. The molecule has 11 heteroatoms. The summed E-state index contributed by atoms with van der Waals surface area (Å²) in [5, 5.41) is 3.87. The fourth-order valence-electron chi connectivity index (χ4n) is 6.38. The maximum Gasteiger partial charge on any atom is 0.290 e. The van der Waals surface area contributed by atoms with Crippen molar-refractivity contribution in [3.05, 3.63) is 128 Å². The molecule has 6 rings (SSSR count). The van der Waals surface area contributed by atoms with Crippen molar-refractivity contribution in [1.82, 2.24) is 35.1 Å². The molecule has 0 unspecified atom stereocenters. The lowest BCUT2D eigenvalue weighted by Gasteiger charge is -2.37. The summed E-state index contributed by atoms with van der Waals surface area (Å²) in [6.07, 6.45) is 15.4. The Labute approximate surface area is 313 Å². The number of aromatic nitrogens is 4. The monoisotopic (exact) mass is 730 g/mol. The minimum Gasteiger partial charge on any atom is -0.352 e. The van der Waals surface area contributed by atoms with E-state index in [9.17, 15) is 4.79 Å². The zero-order chi connectivity index (χ0) is 36.4. The summed E-state index contributed by atoms with van der Waals surface area (Å²) < 4.78 is 0. The Morgan fingerprint density at radius 2 is 1.25 bits per heavy atom. The molecule has 2 aromatic heterocycles. The molecule has 2 saturated heterocycles. The number of piperidine rings is 2. The van der Waals surface area contributed by atoms with Crippen LogP contribution >= 0.6 is 23.2 Å². The third kappa shape index (κ3) is 14.0. The molecular weight excluding hydrogens is 679 g/mol. The van der Waals surface area contributed by atoms with E-state index in [1.165, 1.54) is 60.6 Å². The average molecular weight is 732 g/mol.